The number of aryl methyl sites for hydroxylation is 3. The van der Waals surface area contributed by atoms with E-state index in [1.165, 1.54) is 18.5 Å². The molecule has 0 atom stereocenters. The van der Waals surface area contributed by atoms with Crippen molar-refractivity contribution < 1.29 is 17.9 Å². The molecule has 36 heavy (non-hydrogen) atoms. The summed E-state index contributed by atoms with van der Waals surface area (Å²) in [5.74, 6) is -1.37. The summed E-state index contributed by atoms with van der Waals surface area (Å²) in [6.45, 7) is 5.82. The van der Waals surface area contributed by atoms with Gasteiger partial charge in [-0.15, -0.1) is 6.58 Å². The van der Waals surface area contributed by atoms with E-state index in [0.29, 0.717) is 36.4 Å². The van der Waals surface area contributed by atoms with Gasteiger partial charge in [-0.25, -0.2) is 23.1 Å². The SMILES string of the molecule is C=CCCCOc1ccc(-c2ccc(CCc3ccc(-c4cnc(C)nc4)c(F)c3F)cc2)cc1F. The molecule has 0 N–H and O–H groups in total. The number of allylic oxidation sites excluding steroid dienone is 1. The predicted molar refractivity (Wildman–Crippen MR) is 136 cm³/mol. The average molecular weight is 489 g/mol. The summed E-state index contributed by atoms with van der Waals surface area (Å²) >= 11 is 0. The Morgan fingerprint density at radius 1 is 0.833 bits per heavy atom. The van der Waals surface area contributed by atoms with Gasteiger partial charge in [-0.05, 0) is 67.0 Å². The quantitative estimate of drug-likeness (QED) is 0.170. The highest BCUT2D eigenvalue weighted by Gasteiger charge is 2.15. The van der Waals surface area contributed by atoms with E-state index >= 15 is 0 Å². The highest BCUT2D eigenvalue weighted by Crippen LogP contribution is 2.28. The molecule has 0 aliphatic heterocycles. The first-order valence-corrected chi connectivity index (χ1v) is 11.8. The maximum Gasteiger partial charge on any atom is 0.167 e. The van der Waals surface area contributed by atoms with Crippen LogP contribution in [0.2, 0.25) is 0 Å². The molecule has 0 aliphatic rings. The Kier molecular flexibility index (Phi) is 8.16. The van der Waals surface area contributed by atoms with Gasteiger partial charge in [-0.2, -0.15) is 0 Å². The van der Waals surface area contributed by atoms with Gasteiger partial charge < -0.3 is 4.74 Å². The molecule has 0 aliphatic carbocycles. The van der Waals surface area contributed by atoms with E-state index in [0.717, 1.165) is 29.5 Å². The highest BCUT2D eigenvalue weighted by atomic mass is 19.2. The van der Waals surface area contributed by atoms with Crippen molar-refractivity contribution in [3.8, 4) is 28.0 Å². The zero-order valence-corrected chi connectivity index (χ0v) is 20.1. The number of halogens is 3. The van der Waals surface area contributed by atoms with Crippen LogP contribution in [0.25, 0.3) is 22.3 Å². The molecule has 0 amide bonds. The molecule has 0 radical (unpaired) electrons. The Balaban J connectivity index is 1.40. The first-order valence-electron chi connectivity index (χ1n) is 11.8. The first-order chi connectivity index (χ1) is 17.5. The van der Waals surface area contributed by atoms with Crippen LogP contribution in [0.15, 0.2) is 79.6 Å². The number of nitrogens with zero attached hydrogens (tertiary/aromatic N) is 2. The summed E-state index contributed by atoms with van der Waals surface area (Å²) in [6, 6.07) is 15.7. The molecule has 1 aromatic heterocycles. The first kappa shape index (κ1) is 25.2. The molecule has 6 heteroatoms. The van der Waals surface area contributed by atoms with Gasteiger partial charge in [-0.1, -0.05) is 48.5 Å². The van der Waals surface area contributed by atoms with Crippen LogP contribution >= 0.6 is 0 Å². The minimum atomic E-state index is -0.898. The summed E-state index contributed by atoms with van der Waals surface area (Å²) in [5.41, 5.74) is 3.44. The lowest BCUT2D eigenvalue weighted by molar-refractivity contribution is 0.297. The van der Waals surface area contributed by atoms with Crippen LogP contribution in [-0.4, -0.2) is 16.6 Å². The van der Waals surface area contributed by atoms with E-state index < -0.39 is 17.5 Å². The topological polar surface area (TPSA) is 35.0 Å². The minimum absolute atomic E-state index is 0.140. The monoisotopic (exact) mass is 488 g/mol. The summed E-state index contributed by atoms with van der Waals surface area (Å²) in [7, 11) is 0. The van der Waals surface area contributed by atoms with E-state index in [-0.39, 0.29) is 11.3 Å². The molecule has 4 aromatic rings. The van der Waals surface area contributed by atoms with E-state index in [2.05, 4.69) is 16.5 Å². The van der Waals surface area contributed by atoms with Crippen LogP contribution in [0.4, 0.5) is 13.2 Å². The Morgan fingerprint density at radius 2 is 1.56 bits per heavy atom. The maximum absolute atomic E-state index is 14.7. The van der Waals surface area contributed by atoms with Crippen molar-refractivity contribution >= 4 is 0 Å². The average Bonchev–Trinajstić information content (AvgIpc) is 2.89. The molecule has 0 unspecified atom stereocenters. The predicted octanol–water partition coefficient (Wildman–Crippen LogP) is 7.67. The normalized spacial score (nSPS) is 10.9. The van der Waals surface area contributed by atoms with Gasteiger partial charge in [0.2, 0.25) is 0 Å². The summed E-state index contributed by atoms with van der Waals surface area (Å²) < 4.78 is 49.4. The molecule has 0 saturated heterocycles. The second-order valence-corrected chi connectivity index (χ2v) is 8.54. The number of unbranched alkanes of at least 4 members (excludes halogenated alkanes) is 1. The van der Waals surface area contributed by atoms with Crippen LogP contribution in [0, 0.1) is 24.4 Å². The van der Waals surface area contributed by atoms with Gasteiger partial charge in [0.1, 0.15) is 5.82 Å². The van der Waals surface area contributed by atoms with E-state index in [1.807, 2.05) is 30.3 Å². The molecule has 0 spiro atoms. The Hall–Kier alpha value is -3.93. The molecular weight excluding hydrogens is 461 g/mol. The third-order valence-corrected chi connectivity index (χ3v) is 5.97. The Labute approximate surface area is 209 Å². The number of hydrogen-bond acceptors (Lipinski definition) is 3. The zero-order chi connectivity index (χ0) is 25.5. The third-order valence-electron chi connectivity index (χ3n) is 5.97. The van der Waals surface area contributed by atoms with E-state index in [9.17, 15) is 13.2 Å². The number of rotatable bonds is 10. The molecule has 3 nitrogen and oxygen atoms in total. The minimum Gasteiger partial charge on any atom is -0.491 e. The maximum atomic E-state index is 14.7. The van der Waals surface area contributed by atoms with Crippen molar-refractivity contribution in [1.82, 2.24) is 9.97 Å². The van der Waals surface area contributed by atoms with Crippen molar-refractivity contribution in [1.29, 1.82) is 0 Å². The number of ether oxygens (including phenoxy) is 1. The second-order valence-electron chi connectivity index (χ2n) is 8.54. The Morgan fingerprint density at radius 3 is 2.25 bits per heavy atom. The van der Waals surface area contributed by atoms with Gasteiger partial charge >= 0.3 is 0 Å². The van der Waals surface area contributed by atoms with Crippen LogP contribution in [-0.2, 0) is 12.8 Å². The van der Waals surface area contributed by atoms with Crippen LogP contribution in [0.1, 0.15) is 29.8 Å². The van der Waals surface area contributed by atoms with Crippen molar-refractivity contribution in [2.75, 3.05) is 6.61 Å². The molecule has 3 aromatic carbocycles. The molecular formula is C30H27F3N2O. The summed E-state index contributed by atoms with van der Waals surface area (Å²) in [4.78, 5) is 8.10. The van der Waals surface area contributed by atoms with Gasteiger partial charge in [0, 0.05) is 23.5 Å². The van der Waals surface area contributed by atoms with Crippen molar-refractivity contribution in [2.45, 2.75) is 32.6 Å². The van der Waals surface area contributed by atoms with Crippen molar-refractivity contribution in [3.05, 3.63) is 114 Å². The third kappa shape index (κ3) is 6.00. The zero-order valence-electron chi connectivity index (χ0n) is 20.1. The van der Waals surface area contributed by atoms with Crippen molar-refractivity contribution in [2.24, 2.45) is 0 Å². The highest BCUT2D eigenvalue weighted by molar-refractivity contribution is 5.65. The van der Waals surface area contributed by atoms with Gasteiger partial charge in [-0.3, -0.25) is 0 Å². The standard InChI is InChI=1S/C30H27F3N2O/c1-3-4-5-16-36-28-15-13-24(17-27(28)31)22-9-6-21(7-10-22)8-11-23-12-14-26(30(33)29(23)32)25-18-34-20(2)35-19-25/h3,6-7,9-10,12-15,17-19H,1,4-5,8,11,16H2,2H3. The molecule has 0 bridgehead atoms. The number of benzene rings is 3. The van der Waals surface area contributed by atoms with E-state index in [1.54, 1.807) is 31.2 Å². The molecule has 1 heterocycles. The van der Waals surface area contributed by atoms with Gasteiger partial charge in [0.15, 0.2) is 23.2 Å². The van der Waals surface area contributed by atoms with Crippen LogP contribution in [0.5, 0.6) is 5.75 Å². The van der Waals surface area contributed by atoms with E-state index in [4.69, 9.17) is 4.74 Å². The fourth-order valence-corrected chi connectivity index (χ4v) is 3.89. The Bertz CT molecular complexity index is 1340. The lowest BCUT2D eigenvalue weighted by Crippen LogP contribution is -2.00. The van der Waals surface area contributed by atoms with Crippen LogP contribution < -0.4 is 4.74 Å². The summed E-state index contributed by atoms with van der Waals surface area (Å²) in [6.07, 6.45) is 7.26. The fraction of sp³-hybridized carbons (Fsp3) is 0.200. The second kappa shape index (κ2) is 11.7. The number of hydrogen-bond donors (Lipinski definition) is 0. The molecule has 0 fully saturated rings. The lowest BCUT2D eigenvalue weighted by Gasteiger charge is -2.10. The lowest BCUT2D eigenvalue weighted by atomic mass is 9.98. The molecule has 184 valence electrons. The van der Waals surface area contributed by atoms with Crippen LogP contribution in [0.3, 0.4) is 0 Å². The largest absolute Gasteiger partial charge is 0.491 e. The molecule has 4 rings (SSSR count). The summed E-state index contributed by atoms with van der Waals surface area (Å²) in [5, 5.41) is 0. The van der Waals surface area contributed by atoms with Gasteiger partial charge in [0.25, 0.3) is 0 Å². The molecule has 0 saturated carbocycles. The van der Waals surface area contributed by atoms with Gasteiger partial charge in [0.05, 0.1) is 6.61 Å². The smallest absolute Gasteiger partial charge is 0.167 e. The fourth-order valence-electron chi connectivity index (χ4n) is 3.89. The van der Waals surface area contributed by atoms with Crippen molar-refractivity contribution in [3.63, 3.8) is 0 Å². The number of aromatic nitrogens is 2.